The number of ether oxygens (including phenoxy) is 1. The molecule has 3 aromatic rings. The van der Waals surface area contributed by atoms with Gasteiger partial charge in [-0.05, 0) is 43.3 Å². The predicted molar refractivity (Wildman–Crippen MR) is 104 cm³/mol. The third-order valence-corrected chi connectivity index (χ3v) is 5.64. The fourth-order valence-corrected chi connectivity index (χ4v) is 3.95. The molecular formula is C21H19NO4S. The molecule has 5 nitrogen and oxygen atoms in total. The quantitative estimate of drug-likeness (QED) is 0.652. The van der Waals surface area contributed by atoms with Crippen LogP contribution in [0.15, 0.2) is 89.8 Å². The molecule has 0 spiro atoms. The number of nitrogens with zero attached hydrogens (tertiary/aromatic N) is 1. The van der Waals surface area contributed by atoms with Crippen LogP contribution in [0.5, 0.6) is 5.75 Å². The van der Waals surface area contributed by atoms with Gasteiger partial charge in [-0.15, -0.1) is 0 Å². The highest BCUT2D eigenvalue weighted by atomic mass is 32.2. The van der Waals surface area contributed by atoms with Crippen molar-refractivity contribution in [3.8, 4) is 5.75 Å². The largest absolute Gasteiger partial charge is 0.484 e. The highest BCUT2D eigenvalue weighted by Gasteiger charge is 2.31. The fraction of sp³-hybridized carbons (Fsp3) is 0.0952. The summed E-state index contributed by atoms with van der Waals surface area (Å²) in [6, 6.07) is 23.4. The van der Waals surface area contributed by atoms with Gasteiger partial charge in [0.1, 0.15) is 5.75 Å². The molecule has 3 aromatic carbocycles. The first-order valence-electron chi connectivity index (χ1n) is 8.36. The summed E-state index contributed by atoms with van der Waals surface area (Å²) in [6.45, 7) is 1.49. The topological polar surface area (TPSA) is 63.7 Å². The molecule has 27 heavy (non-hydrogen) atoms. The Kier molecular flexibility index (Phi) is 5.57. The molecule has 0 unspecified atom stereocenters. The number of rotatable bonds is 6. The Hall–Kier alpha value is -3.12. The second-order valence-corrected chi connectivity index (χ2v) is 7.70. The first-order chi connectivity index (χ1) is 13.0. The number of carbonyl (C=O) groups is 1. The van der Waals surface area contributed by atoms with Crippen LogP contribution in [-0.2, 0) is 14.8 Å². The van der Waals surface area contributed by atoms with Crippen molar-refractivity contribution in [2.45, 2.75) is 11.8 Å². The molecule has 0 saturated heterocycles. The van der Waals surface area contributed by atoms with E-state index in [2.05, 4.69) is 0 Å². The van der Waals surface area contributed by atoms with Crippen molar-refractivity contribution < 1.29 is 17.9 Å². The van der Waals surface area contributed by atoms with Crippen molar-refractivity contribution in [1.82, 2.24) is 0 Å². The number of benzene rings is 3. The molecule has 0 radical (unpaired) electrons. The first kappa shape index (κ1) is 18.7. The number of para-hydroxylation sites is 1. The Morgan fingerprint density at radius 1 is 0.852 bits per heavy atom. The minimum absolute atomic E-state index is 0.0404. The third-order valence-electron chi connectivity index (χ3n) is 3.88. The standard InChI is InChI=1S/C21H19NO4S/c1-17-12-14-18(15-13-17)22(27(24,25)20-10-6-3-7-11-20)21(23)16-26-19-8-4-2-5-9-19/h2-15H,16H2,1H3. The number of aryl methyl sites for hydroxylation is 1. The molecule has 0 aromatic heterocycles. The number of amides is 1. The lowest BCUT2D eigenvalue weighted by atomic mass is 10.2. The van der Waals surface area contributed by atoms with E-state index in [0.29, 0.717) is 5.75 Å². The second kappa shape index (κ2) is 8.05. The average Bonchev–Trinajstić information content (AvgIpc) is 2.69. The predicted octanol–water partition coefficient (Wildman–Crippen LogP) is 3.80. The van der Waals surface area contributed by atoms with E-state index in [0.717, 1.165) is 9.87 Å². The minimum Gasteiger partial charge on any atom is -0.484 e. The average molecular weight is 381 g/mol. The lowest BCUT2D eigenvalue weighted by Gasteiger charge is -2.23. The van der Waals surface area contributed by atoms with E-state index < -0.39 is 22.5 Å². The Labute approximate surface area is 158 Å². The molecular weight excluding hydrogens is 362 g/mol. The van der Waals surface area contributed by atoms with Gasteiger partial charge in [-0.3, -0.25) is 4.79 Å². The van der Waals surface area contributed by atoms with Crippen LogP contribution in [0.1, 0.15) is 5.56 Å². The van der Waals surface area contributed by atoms with Crippen LogP contribution < -0.4 is 9.04 Å². The maximum atomic E-state index is 13.1. The van der Waals surface area contributed by atoms with Gasteiger partial charge in [-0.25, -0.2) is 8.42 Å². The van der Waals surface area contributed by atoms with Crippen LogP contribution in [0.3, 0.4) is 0 Å². The van der Waals surface area contributed by atoms with E-state index in [4.69, 9.17) is 4.74 Å². The maximum Gasteiger partial charge on any atom is 0.278 e. The normalized spacial score (nSPS) is 11.0. The monoisotopic (exact) mass is 381 g/mol. The van der Waals surface area contributed by atoms with Gasteiger partial charge in [0.25, 0.3) is 15.9 Å². The maximum absolute atomic E-state index is 13.1. The second-order valence-electron chi connectivity index (χ2n) is 5.91. The summed E-state index contributed by atoms with van der Waals surface area (Å²) >= 11 is 0. The number of sulfonamides is 1. The van der Waals surface area contributed by atoms with E-state index in [1.807, 2.05) is 13.0 Å². The molecule has 0 fully saturated rings. The molecule has 1 amide bonds. The summed E-state index contributed by atoms with van der Waals surface area (Å²) in [4.78, 5) is 12.9. The van der Waals surface area contributed by atoms with Crippen molar-refractivity contribution in [1.29, 1.82) is 0 Å². The summed E-state index contributed by atoms with van der Waals surface area (Å²) in [5, 5.41) is 0. The molecule has 0 saturated carbocycles. The van der Waals surface area contributed by atoms with Gasteiger partial charge in [-0.2, -0.15) is 4.31 Å². The zero-order valence-electron chi connectivity index (χ0n) is 14.8. The Morgan fingerprint density at radius 2 is 1.41 bits per heavy atom. The van der Waals surface area contributed by atoms with Crippen molar-refractivity contribution in [3.05, 3.63) is 90.5 Å². The van der Waals surface area contributed by atoms with Crippen LogP contribution in [0.25, 0.3) is 0 Å². The van der Waals surface area contributed by atoms with Crippen LogP contribution in [0.2, 0.25) is 0 Å². The molecule has 0 N–H and O–H groups in total. The first-order valence-corrected chi connectivity index (χ1v) is 9.80. The van der Waals surface area contributed by atoms with Gasteiger partial charge >= 0.3 is 0 Å². The summed E-state index contributed by atoms with van der Waals surface area (Å²) in [5.41, 5.74) is 1.23. The van der Waals surface area contributed by atoms with Crippen molar-refractivity contribution in [2.24, 2.45) is 0 Å². The van der Waals surface area contributed by atoms with E-state index in [9.17, 15) is 13.2 Å². The van der Waals surface area contributed by atoms with Gasteiger partial charge < -0.3 is 4.74 Å². The van der Waals surface area contributed by atoms with Crippen LogP contribution >= 0.6 is 0 Å². The van der Waals surface area contributed by atoms with E-state index in [1.54, 1.807) is 66.7 Å². The van der Waals surface area contributed by atoms with Gasteiger partial charge in [0.2, 0.25) is 0 Å². The van der Waals surface area contributed by atoms with Crippen LogP contribution in [-0.4, -0.2) is 20.9 Å². The molecule has 6 heteroatoms. The molecule has 0 aliphatic carbocycles. The summed E-state index contributed by atoms with van der Waals surface area (Å²) in [6.07, 6.45) is 0. The number of anilines is 1. The van der Waals surface area contributed by atoms with Crippen LogP contribution in [0.4, 0.5) is 5.69 Å². The zero-order chi connectivity index (χ0) is 19.3. The molecule has 0 bridgehead atoms. The molecule has 0 atom stereocenters. The Bertz CT molecular complexity index is 1000. The SMILES string of the molecule is Cc1ccc(N(C(=O)COc2ccccc2)S(=O)(=O)c2ccccc2)cc1. The smallest absolute Gasteiger partial charge is 0.278 e. The summed E-state index contributed by atoms with van der Waals surface area (Å²) in [7, 11) is -4.07. The van der Waals surface area contributed by atoms with Gasteiger partial charge in [0.05, 0.1) is 10.6 Å². The molecule has 0 aliphatic heterocycles. The zero-order valence-corrected chi connectivity index (χ0v) is 15.6. The van der Waals surface area contributed by atoms with Crippen molar-refractivity contribution in [2.75, 3.05) is 10.9 Å². The van der Waals surface area contributed by atoms with Crippen molar-refractivity contribution >= 4 is 21.6 Å². The minimum atomic E-state index is -4.07. The van der Waals surface area contributed by atoms with Crippen molar-refractivity contribution in [3.63, 3.8) is 0 Å². The third kappa shape index (κ3) is 4.35. The molecule has 3 rings (SSSR count). The molecule has 0 aliphatic rings. The molecule has 0 heterocycles. The van der Waals surface area contributed by atoms with Gasteiger partial charge in [-0.1, -0.05) is 54.1 Å². The lowest BCUT2D eigenvalue weighted by molar-refractivity contribution is -0.119. The fourth-order valence-electron chi connectivity index (χ4n) is 2.52. The number of carbonyl (C=O) groups excluding carboxylic acids is 1. The summed E-state index contributed by atoms with van der Waals surface area (Å²) in [5.74, 6) is -0.182. The van der Waals surface area contributed by atoms with Gasteiger partial charge in [0.15, 0.2) is 6.61 Å². The lowest BCUT2D eigenvalue weighted by Crippen LogP contribution is -2.40. The highest BCUT2D eigenvalue weighted by molar-refractivity contribution is 7.93. The molecule has 138 valence electrons. The Balaban J connectivity index is 1.95. The number of hydrogen-bond donors (Lipinski definition) is 0. The number of hydrogen-bond acceptors (Lipinski definition) is 4. The van der Waals surface area contributed by atoms with Gasteiger partial charge in [0, 0.05) is 0 Å². The summed E-state index contributed by atoms with van der Waals surface area (Å²) < 4.78 is 32.5. The van der Waals surface area contributed by atoms with E-state index in [1.165, 1.54) is 12.1 Å². The Morgan fingerprint density at radius 3 is 2.00 bits per heavy atom. The van der Waals surface area contributed by atoms with E-state index >= 15 is 0 Å². The highest BCUT2D eigenvalue weighted by Crippen LogP contribution is 2.24. The van der Waals surface area contributed by atoms with E-state index in [-0.39, 0.29) is 10.6 Å². The van der Waals surface area contributed by atoms with Crippen LogP contribution in [0, 0.1) is 6.92 Å².